The third kappa shape index (κ3) is 2.72. The molecule has 0 spiro atoms. The van der Waals surface area contributed by atoms with Crippen molar-refractivity contribution < 1.29 is 14.3 Å². The Kier molecular flexibility index (Phi) is 3.77. The predicted molar refractivity (Wildman–Crippen MR) is 72.3 cm³/mol. The molecule has 1 aromatic heterocycles. The number of primary amides is 1. The van der Waals surface area contributed by atoms with Crippen LogP contribution in [0.2, 0.25) is 0 Å². The van der Waals surface area contributed by atoms with E-state index in [9.17, 15) is 4.79 Å². The fourth-order valence-electron chi connectivity index (χ4n) is 2.82. The van der Waals surface area contributed by atoms with E-state index < -0.39 is 6.09 Å². The highest BCUT2D eigenvalue weighted by Crippen LogP contribution is 2.30. The lowest BCUT2D eigenvalue weighted by Gasteiger charge is -2.28. The van der Waals surface area contributed by atoms with E-state index >= 15 is 0 Å². The summed E-state index contributed by atoms with van der Waals surface area (Å²) < 4.78 is 12.7. The molecule has 2 unspecified atom stereocenters. The first-order valence-corrected chi connectivity index (χ1v) is 7.08. The maximum absolute atomic E-state index is 10.7. The van der Waals surface area contributed by atoms with Gasteiger partial charge < -0.3 is 20.5 Å². The standard InChI is InChI=1S/C13H20N4O3/c14-13(18)20-8-9-5-11-10(15-6-9)7-16-17(11)12-3-1-2-4-19-12/h7,9,12,15H,1-6,8H2,(H2,14,18). The Morgan fingerprint density at radius 2 is 2.50 bits per heavy atom. The summed E-state index contributed by atoms with van der Waals surface area (Å²) in [6.07, 6.45) is 5.25. The molecule has 3 rings (SSSR count). The van der Waals surface area contributed by atoms with Crippen molar-refractivity contribution in [3.05, 3.63) is 11.9 Å². The van der Waals surface area contributed by atoms with Gasteiger partial charge in [-0.15, -0.1) is 0 Å². The first-order valence-electron chi connectivity index (χ1n) is 7.08. The van der Waals surface area contributed by atoms with Crippen LogP contribution in [-0.4, -0.2) is 35.6 Å². The summed E-state index contributed by atoms with van der Waals surface area (Å²) in [5.41, 5.74) is 7.19. The van der Waals surface area contributed by atoms with Gasteiger partial charge in [0, 0.05) is 19.1 Å². The van der Waals surface area contributed by atoms with Crippen molar-refractivity contribution in [2.45, 2.75) is 31.9 Å². The van der Waals surface area contributed by atoms with Gasteiger partial charge in [0.2, 0.25) is 0 Å². The Hall–Kier alpha value is -1.76. The molecule has 1 fully saturated rings. The summed E-state index contributed by atoms with van der Waals surface area (Å²) in [7, 11) is 0. The second-order valence-corrected chi connectivity index (χ2v) is 5.35. The van der Waals surface area contributed by atoms with Gasteiger partial charge in [0.1, 0.15) is 0 Å². The van der Waals surface area contributed by atoms with E-state index in [1.165, 1.54) is 6.42 Å². The van der Waals surface area contributed by atoms with E-state index in [1.807, 2.05) is 10.9 Å². The Morgan fingerprint density at radius 1 is 1.60 bits per heavy atom. The number of aromatic nitrogens is 2. The van der Waals surface area contributed by atoms with E-state index in [0.717, 1.165) is 43.8 Å². The Bertz CT molecular complexity index is 482. The summed E-state index contributed by atoms with van der Waals surface area (Å²) >= 11 is 0. The van der Waals surface area contributed by atoms with Crippen LogP contribution in [0.25, 0.3) is 0 Å². The quantitative estimate of drug-likeness (QED) is 0.869. The normalized spacial score (nSPS) is 25.6. The third-order valence-corrected chi connectivity index (χ3v) is 3.85. The van der Waals surface area contributed by atoms with Crippen molar-refractivity contribution >= 4 is 11.8 Å². The monoisotopic (exact) mass is 280 g/mol. The lowest BCUT2D eigenvalue weighted by Crippen LogP contribution is -2.31. The van der Waals surface area contributed by atoms with Crippen LogP contribution < -0.4 is 11.1 Å². The molecule has 0 saturated carbocycles. The molecule has 3 heterocycles. The number of nitrogens with two attached hydrogens (primary N) is 1. The highest BCUT2D eigenvalue weighted by molar-refractivity contribution is 5.64. The van der Waals surface area contributed by atoms with Gasteiger partial charge in [-0.3, -0.25) is 0 Å². The zero-order valence-corrected chi connectivity index (χ0v) is 11.4. The molecule has 1 aromatic rings. The number of carbonyl (C=O) groups is 1. The second-order valence-electron chi connectivity index (χ2n) is 5.35. The highest BCUT2D eigenvalue weighted by atomic mass is 16.5. The van der Waals surface area contributed by atoms with Gasteiger partial charge in [0.25, 0.3) is 0 Å². The lowest BCUT2D eigenvalue weighted by atomic mass is 9.99. The third-order valence-electron chi connectivity index (χ3n) is 3.85. The maximum Gasteiger partial charge on any atom is 0.404 e. The highest BCUT2D eigenvalue weighted by Gasteiger charge is 2.27. The van der Waals surface area contributed by atoms with Crippen LogP contribution in [0.1, 0.15) is 31.2 Å². The van der Waals surface area contributed by atoms with E-state index in [-0.39, 0.29) is 12.1 Å². The van der Waals surface area contributed by atoms with Gasteiger partial charge >= 0.3 is 6.09 Å². The van der Waals surface area contributed by atoms with E-state index in [0.29, 0.717) is 6.61 Å². The molecule has 3 N–H and O–H groups in total. The molecule has 0 aromatic carbocycles. The summed E-state index contributed by atoms with van der Waals surface area (Å²) in [4.78, 5) is 10.7. The van der Waals surface area contributed by atoms with Crippen LogP contribution >= 0.6 is 0 Å². The fourth-order valence-corrected chi connectivity index (χ4v) is 2.82. The van der Waals surface area contributed by atoms with Crippen LogP contribution in [0.15, 0.2) is 6.20 Å². The number of amides is 1. The zero-order valence-electron chi connectivity index (χ0n) is 11.4. The molecule has 2 aliphatic heterocycles. The second kappa shape index (κ2) is 5.70. The number of carbonyl (C=O) groups excluding carboxylic acids is 1. The average Bonchev–Trinajstić information content (AvgIpc) is 2.89. The van der Waals surface area contributed by atoms with E-state index in [2.05, 4.69) is 10.4 Å². The van der Waals surface area contributed by atoms with Crippen LogP contribution in [-0.2, 0) is 15.9 Å². The average molecular weight is 280 g/mol. The molecular weight excluding hydrogens is 260 g/mol. The Balaban J connectivity index is 1.70. The number of ether oxygens (including phenoxy) is 2. The topological polar surface area (TPSA) is 91.4 Å². The molecule has 1 amide bonds. The van der Waals surface area contributed by atoms with Crippen molar-refractivity contribution in [3.8, 4) is 0 Å². The van der Waals surface area contributed by atoms with E-state index in [1.54, 1.807) is 0 Å². The predicted octanol–water partition coefficient (Wildman–Crippen LogP) is 1.26. The van der Waals surface area contributed by atoms with Gasteiger partial charge in [-0.2, -0.15) is 5.10 Å². The van der Waals surface area contributed by atoms with Gasteiger partial charge in [0.15, 0.2) is 6.23 Å². The minimum Gasteiger partial charge on any atom is -0.449 e. The van der Waals surface area contributed by atoms with Gasteiger partial charge in [0.05, 0.1) is 24.2 Å². The summed E-state index contributed by atoms with van der Waals surface area (Å²) in [6.45, 7) is 1.89. The van der Waals surface area contributed by atoms with Crippen LogP contribution in [0.5, 0.6) is 0 Å². The van der Waals surface area contributed by atoms with Gasteiger partial charge in [-0.25, -0.2) is 9.48 Å². The molecule has 7 heteroatoms. The number of anilines is 1. The molecule has 110 valence electrons. The summed E-state index contributed by atoms with van der Waals surface area (Å²) in [6, 6.07) is 0. The number of hydrogen-bond donors (Lipinski definition) is 2. The first-order chi connectivity index (χ1) is 9.74. The number of hydrogen-bond acceptors (Lipinski definition) is 5. The molecule has 20 heavy (non-hydrogen) atoms. The number of fused-ring (bicyclic) bond motifs is 1. The first kappa shape index (κ1) is 13.2. The molecular formula is C13H20N4O3. The summed E-state index contributed by atoms with van der Waals surface area (Å²) in [5.74, 6) is 0.217. The van der Waals surface area contributed by atoms with Crippen LogP contribution in [0, 0.1) is 5.92 Å². The molecule has 0 bridgehead atoms. The summed E-state index contributed by atoms with van der Waals surface area (Å²) in [5, 5.41) is 7.77. The van der Waals surface area contributed by atoms with Gasteiger partial charge in [-0.05, 0) is 25.7 Å². The minimum absolute atomic E-state index is 0.0325. The fraction of sp³-hybridized carbons (Fsp3) is 0.692. The Labute approximate surface area is 117 Å². The number of nitrogens with one attached hydrogen (secondary N) is 1. The van der Waals surface area contributed by atoms with Gasteiger partial charge in [-0.1, -0.05) is 0 Å². The number of rotatable bonds is 3. The van der Waals surface area contributed by atoms with Crippen molar-refractivity contribution in [3.63, 3.8) is 0 Å². The van der Waals surface area contributed by atoms with Crippen molar-refractivity contribution in [2.75, 3.05) is 25.1 Å². The molecule has 0 radical (unpaired) electrons. The van der Waals surface area contributed by atoms with E-state index in [4.69, 9.17) is 15.2 Å². The van der Waals surface area contributed by atoms with Crippen LogP contribution in [0.4, 0.5) is 10.5 Å². The Morgan fingerprint density at radius 3 is 3.25 bits per heavy atom. The smallest absolute Gasteiger partial charge is 0.404 e. The maximum atomic E-state index is 10.7. The largest absolute Gasteiger partial charge is 0.449 e. The molecule has 0 aliphatic carbocycles. The van der Waals surface area contributed by atoms with Crippen molar-refractivity contribution in [2.24, 2.45) is 11.7 Å². The lowest BCUT2D eigenvalue weighted by molar-refractivity contribution is -0.0415. The molecule has 7 nitrogen and oxygen atoms in total. The van der Waals surface area contributed by atoms with Crippen molar-refractivity contribution in [1.29, 1.82) is 0 Å². The zero-order chi connectivity index (χ0) is 13.9. The van der Waals surface area contributed by atoms with Crippen LogP contribution in [0.3, 0.4) is 0 Å². The van der Waals surface area contributed by atoms with Crippen molar-refractivity contribution in [1.82, 2.24) is 9.78 Å². The minimum atomic E-state index is -0.722. The number of nitrogens with zero attached hydrogens (tertiary/aromatic N) is 2. The molecule has 1 saturated heterocycles. The molecule has 2 aliphatic rings. The molecule has 2 atom stereocenters. The SMILES string of the molecule is NC(=O)OCC1CNc2cnn(C3CCCCO3)c2C1.